The van der Waals surface area contributed by atoms with Crippen LogP contribution in [0.25, 0.3) is 11.1 Å². The predicted molar refractivity (Wildman–Crippen MR) is 81.7 cm³/mol. The summed E-state index contributed by atoms with van der Waals surface area (Å²) < 4.78 is 0. The quantitative estimate of drug-likeness (QED) is 0.661. The first-order valence-corrected chi connectivity index (χ1v) is 7.00. The fourth-order valence-corrected chi connectivity index (χ4v) is 3.23. The van der Waals surface area contributed by atoms with E-state index < -0.39 is 0 Å². The van der Waals surface area contributed by atoms with E-state index in [1.807, 2.05) is 12.4 Å². The Kier molecular flexibility index (Phi) is 2.63. The summed E-state index contributed by atoms with van der Waals surface area (Å²) >= 11 is 0. The Morgan fingerprint density at radius 3 is 1.85 bits per heavy atom. The number of hydrogen-bond acceptors (Lipinski definition) is 1. The summed E-state index contributed by atoms with van der Waals surface area (Å²) in [6.45, 7) is 0. The van der Waals surface area contributed by atoms with E-state index in [1.54, 1.807) is 0 Å². The lowest BCUT2D eigenvalue weighted by Gasteiger charge is -2.13. The van der Waals surface area contributed by atoms with Gasteiger partial charge in [0.1, 0.15) is 0 Å². The SMILES string of the molecule is c1ccc2c(c1)-c1ccccc1C2Cc1ccncc1. The molecule has 0 amide bonds. The predicted octanol–water partition coefficient (Wildman–Crippen LogP) is 4.44. The van der Waals surface area contributed by atoms with Gasteiger partial charge in [-0.25, -0.2) is 0 Å². The lowest BCUT2D eigenvalue weighted by Crippen LogP contribution is -2.01. The second-order valence-corrected chi connectivity index (χ2v) is 5.29. The molecule has 96 valence electrons. The molecule has 1 heterocycles. The summed E-state index contributed by atoms with van der Waals surface area (Å²) in [5, 5.41) is 0. The molecule has 0 fully saturated rings. The van der Waals surface area contributed by atoms with Gasteiger partial charge in [0, 0.05) is 18.3 Å². The maximum atomic E-state index is 4.11. The summed E-state index contributed by atoms with van der Waals surface area (Å²) in [6, 6.07) is 21.8. The molecule has 0 saturated heterocycles. The van der Waals surface area contributed by atoms with Crippen molar-refractivity contribution >= 4 is 0 Å². The molecule has 3 aromatic rings. The average Bonchev–Trinajstić information content (AvgIpc) is 2.84. The van der Waals surface area contributed by atoms with Gasteiger partial charge in [-0.15, -0.1) is 0 Å². The van der Waals surface area contributed by atoms with Crippen LogP contribution >= 0.6 is 0 Å². The monoisotopic (exact) mass is 257 g/mol. The van der Waals surface area contributed by atoms with Crippen molar-refractivity contribution in [2.75, 3.05) is 0 Å². The normalized spacial score (nSPS) is 13.0. The van der Waals surface area contributed by atoms with E-state index in [9.17, 15) is 0 Å². The van der Waals surface area contributed by atoms with Crippen LogP contribution in [-0.4, -0.2) is 4.98 Å². The first-order valence-electron chi connectivity index (χ1n) is 7.00. The average molecular weight is 257 g/mol. The van der Waals surface area contributed by atoms with E-state index in [2.05, 4.69) is 65.6 Å². The Morgan fingerprint density at radius 2 is 1.25 bits per heavy atom. The highest BCUT2D eigenvalue weighted by atomic mass is 14.6. The second-order valence-electron chi connectivity index (χ2n) is 5.29. The van der Waals surface area contributed by atoms with E-state index in [4.69, 9.17) is 0 Å². The van der Waals surface area contributed by atoms with Crippen molar-refractivity contribution in [3.63, 3.8) is 0 Å². The minimum atomic E-state index is 0.463. The number of pyridine rings is 1. The van der Waals surface area contributed by atoms with Crippen molar-refractivity contribution in [1.82, 2.24) is 4.98 Å². The lowest BCUT2D eigenvalue weighted by molar-refractivity contribution is 0.825. The maximum Gasteiger partial charge on any atom is 0.0270 e. The molecule has 4 rings (SSSR count). The van der Waals surface area contributed by atoms with Gasteiger partial charge in [-0.3, -0.25) is 4.98 Å². The molecule has 0 atom stereocenters. The standard InChI is InChI=1S/C19H15N/c1-3-7-17-15(5-1)16-6-2-4-8-18(16)19(17)13-14-9-11-20-12-10-14/h1-12,19H,13H2. The third kappa shape index (κ3) is 1.75. The van der Waals surface area contributed by atoms with E-state index in [0.29, 0.717) is 5.92 Å². The zero-order valence-corrected chi connectivity index (χ0v) is 11.2. The van der Waals surface area contributed by atoms with Gasteiger partial charge >= 0.3 is 0 Å². The number of aromatic nitrogens is 1. The smallest absolute Gasteiger partial charge is 0.0270 e. The molecule has 0 bridgehead atoms. The molecule has 0 aliphatic heterocycles. The van der Waals surface area contributed by atoms with E-state index >= 15 is 0 Å². The number of rotatable bonds is 2. The Balaban J connectivity index is 1.83. The molecule has 1 aliphatic rings. The van der Waals surface area contributed by atoms with Crippen LogP contribution in [0.15, 0.2) is 73.1 Å². The van der Waals surface area contributed by atoms with Gasteiger partial charge in [-0.1, -0.05) is 48.5 Å². The Labute approximate surface area is 118 Å². The van der Waals surface area contributed by atoms with Crippen molar-refractivity contribution in [2.24, 2.45) is 0 Å². The van der Waals surface area contributed by atoms with Crippen LogP contribution in [-0.2, 0) is 6.42 Å². The van der Waals surface area contributed by atoms with Crippen LogP contribution in [0.4, 0.5) is 0 Å². The molecule has 1 aromatic heterocycles. The first-order chi connectivity index (χ1) is 9.93. The largest absolute Gasteiger partial charge is 0.265 e. The highest BCUT2D eigenvalue weighted by molar-refractivity contribution is 5.78. The molecule has 0 unspecified atom stereocenters. The molecule has 1 aliphatic carbocycles. The maximum absolute atomic E-state index is 4.11. The van der Waals surface area contributed by atoms with Gasteiger partial charge in [0.15, 0.2) is 0 Å². The van der Waals surface area contributed by atoms with Gasteiger partial charge in [-0.05, 0) is 46.4 Å². The fraction of sp³-hybridized carbons (Fsp3) is 0.105. The molecule has 1 nitrogen and oxygen atoms in total. The summed E-state index contributed by atoms with van der Waals surface area (Å²) in [5.74, 6) is 0.463. The van der Waals surface area contributed by atoms with Gasteiger partial charge in [0.05, 0.1) is 0 Å². The second kappa shape index (κ2) is 4.61. The van der Waals surface area contributed by atoms with Gasteiger partial charge in [0.2, 0.25) is 0 Å². The summed E-state index contributed by atoms with van der Waals surface area (Å²) in [5.41, 5.74) is 7.02. The first kappa shape index (κ1) is 11.4. The molecule has 0 radical (unpaired) electrons. The van der Waals surface area contributed by atoms with Crippen LogP contribution in [0.5, 0.6) is 0 Å². The summed E-state index contributed by atoms with van der Waals surface area (Å²) in [7, 11) is 0. The van der Waals surface area contributed by atoms with Crippen molar-refractivity contribution in [3.05, 3.63) is 89.7 Å². The van der Waals surface area contributed by atoms with Crippen molar-refractivity contribution in [3.8, 4) is 11.1 Å². The van der Waals surface area contributed by atoms with Crippen LogP contribution in [0.1, 0.15) is 22.6 Å². The molecule has 2 aromatic carbocycles. The zero-order valence-electron chi connectivity index (χ0n) is 11.2. The summed E-state index contributed by atoms with van der Waals surface area (Å²) in [6.07, 6.45) is 4.79. The topological polar surface area (TPSA) is 12.9 Å². The fourth-order valence-electron chi connectivity index (χ4n) is 3.23. The summed E-state index contributed by atoms with van der Waals surface area (Å²) in [4.78, 5) is 4.11. The molecule has 0 saturated carbocycles. The number of fused-ring (bicyclic) bond motifs is 3. The molecule has 0 spiro atoms. The van der Waals surface area contributed by atoms with Crippen LogP contribution < -0.4 is 0 Å². The molecule has 1 heteroatoms. The van der Waals surface area contributed by atoms with E-state index in [1.165, 1.54) is 27.8 Å². The molecular formula is C19H15N. The van der Waals surface area contributed by atoms with Crippen LogP contribution in [0.2, 0.25) is 0 Å². The van der Waals surface area contributed by atoms with Gasteiger partial charge < -0.3 is 0 Å². The van der Waals surface area contributed by atoms with Gasteiger partial charge in [0.25, 0.3) is 0 Å². The minimum absolute atomic E-state index is 0.463. The lowest BCUT2D eigenvalue weighted by atomic mass is 9.90. The number of benzene rings is 2. The van der Waals surface area contributed by atoms with E-state index in [0.717, 1.165) is 6.42 Å². The third-order valence-corrected chi connectivity index (χ3v) is 4.15. The molecule has 0 N–H and O–H groups in total. The Hall–Kier alpha value is -2.41. The van der Waals surface area contributed by atoms with Crippen molar-refractivity contribution in [2.45, 2.75) is 12.3 Å². The minimum Gasteiger partial charge on any atom is -0.265 e. The van der Waals surface area contributed by atoms with Crippen LogP contribution in [0.3, 0.4) is 0 Å². The highest BCUT2D eigenvalue weighted by Crippen LogP contribution is 2.45. The van der Waals surface area contributed by atoms with Gasteiger partial charge in [-0.2, -0.15) is 0 Å². The molecular weight excluding hydrogens is 242 g/mol. The van der Waals surface area contributed by atoms with Crippen molar-refractivity contribution in [1.29, 1.82) is 0 Å². The zero-order chi connectivity index (χ0) is 13.4. The Morgan fingerprint density at radius 1 is 0.700 bits per heavy atom. The highest BCUT2D eigenvalue weighted by Gasteiger charge is 2.27. The van der Waals surface area contributed by atoms with Crippen molar-refractivity contribution < 1.29 is 0 Å². The van der Waals surface area contributed by atoms with E-state index in [-0.39, 0.29) is 0 Å². The molecule has 20 heavy (non-hydrogen) atoms. The Bertz CT molecular complexity index is 701. The number of hydrogen-bond donors (Lipinski definition) is 0. The van der Waals surface area contributed by atoms with Crippen LogP contribution in [0, 0.1) is 0 Å². The third-order valence-electron chi connectivity index (χ3n) is 4.15. The number of nitrogens with zero attached hydrogens (tertiary/aromatic N) is 1.